The van der Waals surface area contributed by atoms with Gasteiger partial charge in [-0.3, -0.25) is 37.3 Å². The fraction of sp³-hybridized carbons (Fsp3) is 0.949. The molecule has 0 fully saturated rings. The predicted octanol–water partition coefficient (Wildman–Crippen LogP) is 23.2. The normalized spacial score (nSPS) is 14.3. The molecule has 98 heavy (non-hydrogen) atoms. The fourth-order valence-corrected chi connectivity index (χ4v) is 13.6. The van der Waals surface area contributed by atoms with Crippen LogP contribution in [-0.4, -0.2) is 96.7 Å². The van der Waals surface area contributed by atoms with E-state index in [1.54, 1.807) is 0 Å². The van der Waals surface area contributed by atoms with Crippen LogP contribution in [0.4, 0.5) is 0 Å². The molecule has 0 saturated carbocycles. The topological polar surface area (TPSA) is 237 Å². The van der Waals surface area contributed by atoms with E-state index >= 15 is 0 Å². The molecule has 582 valence electrons. The molecule has 0 aliphatic carbocycles. The van der Waals surface area contributed by atoms with E-state index in [9.17, 15) is 43.2 Å². The second-order valence-corrected chi connectivity index (χ2v) is 33.0. The van der Waals surface area contributed by atoms with Crippen molar-refractivity contribution < 1.29 is 80.2 Å². The summed E-state index contributed by atoms with van der Waals surface area (Å²) in [6, 6.07) is 0. The molecule has 3 N–H and O–H groups in total. The Morgan fingerprint density at radius 2 is 0.490 bits per heavy atom. The molecule has 0 aromatic heterocycles. The van der Waals surface area contributed by atoms with Gasteiger partial charge in [-0.15, -0.1) is 0 Å². The molecule has 0 amide bonds. The van der Waals surface area contributed by atoms with Crippen molar-refractivity contribution in [2.45, 2.75) is 420 Å². The number of aliphatic hydroxyl groups excluding tert-OH is 1. The number of hydrogen-bond acceptors (Lipinski definition) is 15. The smallest absolute Gasteiger partial charge is 0.462 e. The van der Waals surface area contributed by atoms with Crippen molar-refractivity contribution in [3.8, 4) is 0 Å². The molecular formula is C79H154O17P2. The number of hydrogen-bond donors (Lipinski definition) is 3. The van der Waals surface area contributed by atoms with Crippen LogP contribution in [-0.2, 0) is 65.4 Å². The van der Waals surface area contributed by atoms with Crippen LogP contribution in [0.15, 0.2) is 0 Å². The lowest BCUT2D eigenvalue weighted by Gasteiger charge is -2.21. The molecule has 19 heteroatoms. The summed E-state index contributed by atoms with van der Waals surface area (Å²) in [6.07, 6.45) is 54.2. The first-order valence-electron chi connectivity index (χ1n) is 40.7. The van der Waals surface area contributed by atoms with Gasteiger partial charge in [0.15, 0.2) is 12.2 Å². The van der Waals surface area contributed by atoms with E-state index in [1.165, 1.54) is 199 Å². The zero-order valence-electron chi connectivity index (χ0n) is 64.4. The Hall–Kier alpha value is -1.94. The van der Waals surface area contributed by atoms with Crippen molar-refractivity contribution in [3.05, 3.63) is 0 Å². The zero-order valence-corrected chi connectivity index (χ0v) is 66.2. The zero-order chi connectivity index (χ0) is 72.4. The number of phosphoric acid groups is 2. The number of ether oxygens (including phenoxy) is 4. The summed E-state index contributed by atoms with van der Waals surface area (Å²) in [6.45, 7) is 14.2. The SMILES string of the molecule is CCC(C)CCCCCCCCCCCCCCCCCCCCC(=O)O[C@H](COC(=O)CCCCCCCCCC(C)C)COP(=O)(O)OCC(O)COP(=O)(O)OC[C@@H](COC(=O)CCCCCCCCCCCCC(C)C)OC(=O)CCCCCCCCCCCCC(C)C. The highest BCUT2D eigenvalue weighted by atomic mass is 31.2. The third kappa shape index (κ3) is 71.1. The maximum atomic E-state index is 13.1. The van der Waals surface area contributed by atoms with E-state index in [2.05, 4.69) is 55.4 Å². The average molecular weight is 1440 g/mol. The summed E-state index contributed by atoms with van der Waals surface area (Å²) < 4.78 is 68.6. The van der Waals surface area contributed by atoms with Gasteiger partial charge in [-0.2, -0.15) is 0 Å². The van der Waals surface area contributed by atoms with Crippen molar-refractivity contribution in [2.75, 3.05) is 39.6 Å². The lowest BCUT2D eigenvalue weighted by atomic mass is 9.99. The molecule has 0 rings (SSSR count). The fourth-order valence-electron chi connectivity index (χ4n) is 12.0. The van der Waals surface area contributed by atoms with E-state index in [0.717, 1.165) is 114 Å². The first-order valence-corrected chi connectivity index (χ1v) is 43.7. The molecule has 0 bridgehead atoms. The van der Waals surface area contributed by atoms with E-state index in [4.69, 9.17) is 37.0 Å². The van der Waals surface area contributed by atoms with Crippen LogP contribution in [0.25, 0.3) is 0 Å². The molecule has 17 nitrogen and oxygen atoms in total. The van der Waals surface area contributed by atoms with Gasteiger partial charge in [-0.1, -0.05) is 351 Å². The Labute approximate surface area is 600 Å². The average Bonchev–Trinajstić information content (AvgIpc) is 0.997. The lowest BCUT2D eigenvalue weighted by Crippen LogP contribution is -2.30. The summed E-state index contributed by atoms with van der Waals surface area (Å²) in [5.41, 5.74) is 0. The quantitative estimate of drug-likeness (QED) is 0.0222. The molecule has 0 aromatic rings. The van der Waals surface area contributed by atoms with Crippen LogP contribution >= 0.6 is 15.6 Å². The molecule has 0 aliphatic heterocycles. The third-order valence-electron chi connectivity index (χ3n) is 18.7. The van der Waals surface area contributed by atoms with Gasteiger partial charge < -0.3 is 33.8 Å². The second-order valence-electron chi connectivity index (χ2n) is 30.1. The van der Waals surface area contributed by atoms with E-state index in [-0.39, 0.29) is 25.7 Å². The highest BCUT2D eigenvalue weighted by molar-refractivity contribution is 7.47. The van der Waals surface area contributed by atoms with Crippen molar-refractivity contribution in [1.29, 1.82) is 0 Å². The molecule has 0 spiro atoms. The van der Waals surface area contributed by atoms with E-state index in [0.29, 0.717) is 31.6 Å². The number of unbranched alkanes of at least 4 members (excludes halogenated alkanes) is 41. The number of esters is 4. The lowest BCUT2D eigenvalue weighted by molar-refractivity contribution is -0.161. The monoisotopic (exact) mass is 1440 g/mol. The van der Waals surface area contributed by atoms with Crippen molar-refractivity contribution in [1.82, 2.24) is 0 Å². The van der Waals surface area contributed by atoms with Crippen LogP contribution in [0.5, 0.6) is 0 Å². The van der Waals surface area contributed by atoms with Crippen LogP contribution < -0.4 is 0 Å². The molecular weight excluding hydrogens is 1280 g/mol. The maximum Gasteiger partial charge on any atom is 0.472 e. The Balaban J connectivity index is 5.18. The third-order valence-corrected chi connectivity index (χ3v) is 20.6. The first-order chi connectivity index (χ1) is 47.1. The molecule has 4 unspecified atom stereocenters. The van der Waals surface area contributed by atoms with Crippen LogP contribution in [0.1, 0.15) is 402 Å². The predicted molar refractivity (Wildman–Crippen MR) is 400 cm³/mol. The van der Waals surface area contributed by atoms with Gasteiger partial charge in [0.05, 0.1) is 26.4 Å². The number of rotatable bonds is 76. The Kier molecular flexibility index (Phi) is 66.8. The Bertz CT molecular complexity index is 1920. The van der Waals surface area contributed by atoms with Crippen LogP contribution in [0.3, 0.4) is 0 Å². The highest BCUT2D eigenvalue weighted by Gasteiger charge is 2.30. The molecule has 0 heterocycles. The minimum absolute atomic E-state index is 0.105. The van der Waals surface area contributed by atoms with E-state index < -0.39 is 97.5 Å². The summed E-state index contributed by atoms with van der Waals surface area (Å²) in [5, 5.41) is 10.6. The van der Waals surface area contributed by atoms with Crippen LogP contribution in [0.2, 0.25) is 0 Å². The number of phosphoric ester groups is 2. The van der Waals surface area contributed by atoms with Gasteiger partial charge in [-0.05, 0) is 49.4 Å². The molecule has 0 saturated heterocycles. The maximum absolute atomic E-state index is 13.1. The number of carbonyl (C=O) groups excluding carboxylic acids is 4. The summed E-state index contributed by atoms with van der Waals surface area (Å²) in [7, 11) is -9.92. The van der Waals surface area contributed by atoms with Gasteiger partial charge in [-0.25, -0.2) is 9.13 Å². The summed E-state index contributed by atoms with van der Waals surface area (Å²) in [5.74, 6) is 0.968. The van der Waals surface area contributed by atoms with Crippen molar-refractivity contribution in [3.63, 3.8) is 0 Å². The van der Waals surface area contributed by atoms with Crippen molar-refractivity contribution >= 4 is 39.5 Å². The largest absolute Gasteiger partial charge is 0.472 e. The van der Waals surface area contributed by atoms with Gasteiger partial charge in [0, 0.05) is 25.7 Å². The van der Waals surface area contributed by atoms with Gasteiger partial charge in [0.1, 0.15) is 19.3 Å². The molecule has 0 radical (unpaired) electrons. The number of aliphatic hydroxyl groups is 1. The minimum atomic E-state index is -4.96. The standard InChI is InChI=1S/C79H154O17P2/c1-9-72(8)58-50-42-34-26-18-16-14-12-10-11-13-15-17-19-28-36-45-53-61-78(83)96-75(66-90-77(82)60-52-44-38-30-33-41-49-57-71(6)7)68-94-98(87,88)92-64-73(80)63-91-97(85,86)93-67-74(95-79(84)62-54-46-37-29-23-21-25-32-40-48-56-70(4)5)65-89-76(81)59-51-43-35-27-22-20-24-31-39-47-55-69(2)3/h69-75,80H,9-68H2,1-8H3,(H,85,86)(H,87,88)/t72?,73?,74-,75-/m1/s1. The highest BCUT2D eigenvalue weighted by Crippen LogP contribution is 2.45. The number of carbonyl (C=O) groups is 4. The first kappa shape index (κ1) is 96.1. The molecule has 0 aliphatic rings. The van der Waals surface area contributed by atoms with Gasteiger partial charge >= 0.3 is 39.5 Å². The van der Waals surface area contributed by atoms with E-state index in [1.807, 2.05) is 0 Å². The molecule has 6 atom stereocenters. The summed E-state index contributed by atoms with van der Waals surface area (Å²) >= 11 is 0. The van der Waals surface area contributed by atoms with Crippen molar-refractivity contribution in [2.24, 2.45) is 23.7 Å². The minimum Gasteiger partial charge on any atom is -0.462 e. The molecule has 0 aromatic carbocycles. The Morgan fingerprint density at radius 1 is 0.286 bits per heavy atom. The van der Waals surface area contributed by atoms with Gasteiger partial charge in [0.2, 0.25) is 0 Å². The van der Waals surface area contributed by atoms with Gasteiger partial charge in [0.25, 0.3) is 0 Å². The summed E-state index contributed by atoms with van der Waals surface area (Å²) in [4.78, 5) is 72.9. The Morgan fingerprint density at radius 3 is 0.724 bits per heavy atom. The van der Waals surface area contributed by atoms with Crippen LogP contribution in [0, 0.1) is 23.7 Å². The second kappa shape index (κ2) is 68.2.